The molecule has 0 aromatic heterocycles. The number of hydrogen-bond donors (Lipinski definition) is 1. The van der Waals surface area contributed by atoms with E-state index >= 15 is 0 Å². The van der Waals surface area contributed by atoms with Gasteiger partial charge in [0.15, 0.2) is 5.71 Å². The van der Waals surface area contributed by atoms with Gasteiger partial charge in [-0.3, -0.25) is 9.69 Å². The summed E-state index contributed by atoms with van der Waals surface area (Å²) >= 11 is 0. The maximum atomic E-state index is 12.2. The molecule has 21 heavy (non-hydrogen) atoms. The molecular weight excluding hydrogens is 276 g/mol. The molecule has 8 heteroatoms. The van der Waals surface area contributed by atoms with Crippen LogP contribution in [0, 0.1) is 0 Å². The summed E-state index contributed by atoms with van der Waals surface area (Å²) in [5, 5.41) is 12.3. The first-order valence-corrected chi connectivity index (χ1v) is 7.09. The van der Waals surface area contributed by atoms with Crippen LogP contribution in [0.5, 0.6) is 0 Å². The maximum absolute atomic E-state index is 12.2. The molecule has 2 aliphatic heterocycles. The lowest BCUT2D eigenvalue weighted by atomic mass is 10.1. The number of carboxylic acids is 1. The first kappa shape index (κ1) is 15.7. The third-order valence-electron chi connectivity index (χ3n) is 3.74. The normalized spacial score (nSPS) is 23.1. The molecule has 0 radical (unpaired) electrons. The van der Waals surface area contributed by atoms with Crippen molar-refractivity contribution in [3.8, 4) is 0 Å². The Morgan fingerprint density at radius 3 is 2.52 bits per heavy atom. The number of amides is 1. The average molecular weight is 298 g/mol. The van der Waals surface area contributed by atoms with Crippen LogP contribution in [0.2, 0.25) is 0 Å². The Labute approximate surface area is 123 Å². The highest BCUT2D eigenvalue weighted by Gasteiger charge is 2.35. The van der Waals surface area contributed by atoms with Crippen molar-refractivity contribution in [1.82, 2.24) is 14.7 Å². The predicted octanol–water partition coefficient (Wildman–Crippen LogP) is -1.08. The van der Waals surface area contributed by atoms with Crippen LogP contribution in [0.1, 0.15) is 6.42 Å². The molecule has 2 heterocycles. The van der Waals surface area contributed by atoms with Gasteiger partial charge in [-0.05, 0) is 14.1 Å². The van der Waals surface area contributed by atoms with Gasteiger partial charge in [-0.2, -0.15) is 0 Å². The molecule has 1 N–H and O–H groups in total. The van der Waals surface area contributed by atoms with Gasteiger partial charge in [0.05, 0.1) is 0 Å². The highest BCUT2D eigenvalue weighted by Crippen LogP contribution is 2.15. The lowest BCUT2D eigenvalue weighted by Crippen LogP contribution is -2.52. The van der Waals surface area contributed by atoms with Crippen LogP contribution < -0.4 is 0 Å². The van der Waals surface area contributed by atoms with E-state index in [4.69, 9.17) is 9.94 Å². The highest BCUT2D eigenvalue weighted by atomic mass is 16.6. The summed E-state index contributed by atoms with van der Waals surface area (Å²) in [6.45, 7) is 4.94. The van der Waals surface area contributed by atoms with Gasteiger partial charge in [0.2, 0.25) is 6.10 Å². The number of nitrogens with zero attached hydrogens (tertiary/aromatic N) is 4. The standard InChI is InChI=1S/C13H22N4O4/c1-15(2)3-4-16-5-7-17(8-6-16)12(18)11-9-10(13(19)20)14-21-11/h11H,3-9H2,1-2H3,(H,19,20). The average Bonchev–Trinajstić information content (AvgIpc) is 2.95. The van der Waals surface area contributed by atoms with E-state index in [0.717, 1.165) is 26.2 Å². The zero-order valence-electron chi connectivity index (χ0n) is 12.5. The van der Waals surface area contributed by atoms with Crippen LogP contribution >= 0.6 is 0 Å². The van der Waals surface area contributed by atoms with Crippen molar-refractivity contribution in [3.63, 3.8) is 0 Å². The first-order valence-electron chi connectivity index (χ1n) is 7.09. The van der Waals surface area contributed by atoms with Crippen LogP contribution in [0.3, 0.4) is 0 Å². The molecule has 1 unspecified atom stereocenters. The summed E-state index contributed by atoms with van der Waals surface area (Å²) in [5.41, 5.74) is -0.0852. The molecular formula is C13H22N4O4. The predicted molar refractivity (Wildman–Crippen MR) is 76.1 cm³/mol. The van der Waals surface area contributed by atoms with E-state index in [2.05, 4.69) is 15.0 Å². The zero-order chi connectivity index (χ0) is 15.4. The lowest BCUT2D eigenvalue weighted by Gasteiger charge is -2.35. The van der Waals surface area contributed by atoms with Gasteiger partial charge >= 0.3 is 5.97 Å². The van der Waals surface area contributed by atoms with E-state index in [0.29, 0.717) is 13.1 Å². The number of carbonyl (C=O) groups is 2. The third kappa shape index (κ3) is 4.15. The molecule has 2 aliphatic rings. The van der Waals surface area contributed by atoms with Crippen molar-refractivity contribution < 1.29 is 19.5 Å². The van der Waals surface area contributed by atoms with Gasteiger partial charge in [0.25, 0.3) is 5.91 Å². The number of carbonyl (C=O) groups excluding carboxylic acids is 1. The number of carboxylic acid groups (broad SMARTS) is 1. The molecule has 1 saturated heterocycles. The Morgan fingerprint density at radius 2 is 2.00 bits per heavy atom. The number of aliphatic carboxylic acids is 1. The summed E-state index contributed by atoms with van der Waals surface area (Å²) in [7, 11) is 4.08. The Hall–Kier alpha value is -1.67. The fraction of sp³-hybridized carbons (Fsp3) is 0.769. The molecule has 0 aromatic rings. The zero-order valence-corrected chi connectivity index (χ0v) is 12.5. The Morgan fingerprint density at radius 1 is 1.33 bits per heavy atom. The number of likely N-dealkylation sites (N-methyl/N-ethyl adjacent to an activating group) is 1. The molecule has 118 valence electrons. The van der Waals surface area contributed by atoms with Crippen LogP contribution in [-0.4, -0.2) is 96.9 Å². The SMILES string of the molecule is CN(C)CCN1CCN(C(=O)C2CC(C(=O)O)=NO2)CC1. The van der Waals surface area contributed by atoms with E-state index in [1.807, 2.05) is 14.1 Å². The van der Waals surface area contributed by atoms with Crippen molar-refractivity contribution in [2.75, 3.05) is 53.4 Å². The number of oxime groups is 1. The minimum atomic E-state index is -1.13. The largest absolute Gasteiger partial charge is 0.477 e. The second-order valence-electron chi connectivity index (χ2n) is 5.61. The quantitative estimate of drug-likeness (QED) is 0.695. The van der Waals surface area contributed by atoms with E-state index in [1.165, 1.54) is 0 Å². The molecule has 0 aromatic carbocycles. The van der Waals surface area contributed by atoms with Gasteiger partial charge in [0, 0.05) is 45.7 Å². The number of rotatable bonds is 5. The molecule has 1 atom stereocenters. The molecule has 0 saturated carbocycles. The van der Waals surface area contributed by atoms with E-state index in [9.17, 15) is 9.59 Å². The summed E-state index contributed by atoms with van der Waals surface area (Å²) < 4.78 is 0. The lowest BCUT2D eigenvalue weighted by molar-refractivity contribution is -0.143. The highest BCUT2D eigenvalue weighted by molar-refractivity contribution is 6.36. The summed E-state index contributed by atoms with van der Waals surface area (Å²) in [6.07, 6.45) is -0.723. The molecule has 1 fully saturated rings. The van der Waals surface area contributed by atoms with Crippen LogP contribution in [0.15, 0.2) is 5.16 Å². The van der Waals surface area contributed by atoms with Crippen molar-refractivity contribution in [2.24, 2.45) is 5.16 Å². The topological polar surface area (TPSA) is 85.7 Å². The van der Waals surface area contributed by atoms with Gasteiger partial charge < -0.3 is 19.7 Å². The van der Waals surface area contributed by atoms with Crippen molar-refractivity contribution in [3.05, 3.63) is 0 Å². The molecule has 8 nitrogen and oxygen atoms in total. The monoisotopic (exact) mass is 298 g/mol. The number of piperazine rings is 1. The Bertz CT molecular complexity index is 430. The first-order chi connectivity index (χ1) is 9.97. The third-order valence-corrected chi connectivity index (χ3v) is 3.74. The van der Waals surface area contributed by atoms with Crippen molar-refractivity contribution >= 4 is 17.6 Å². The van der Waals surface area contributed by atoms with E-state index in [-0.39, 0.29) is 18.0 Å². The van der Waals surface area contributed by atoms with Gasteiger partial charge in [-0.25, -0.2) is 4.79 Å². The summed E-state index contributed by atoms with van der Waals surface area (Å²) in [4.78, 5) is 34.1. The smallest absolute Gasteiger partial charge is 0.353 e. The second-order valence-corrected chi connectivity index (χ2v) is 5.61. The Kier molecular flexibility index (Phi) is 5.13. The minimum absolute atomic E-state index is 0.0506. The van der Waals surface area contributed by atoms with Crippen LogP contribution in [0.25, 0.3) is 0 Å². The van der Waals surface area contributed by atoms with Gasteiger partial charge in [-0.1, -0.05) is 5.16 Å². The van der Waals surface area contributed by atoms with Crippen molar-refractivity contribution in [2.45, 2.75) is 12.5 Å². The fourth-order valence-corrected chi connectivity index (χ4v) is 2.37. The summed E-state index contributed by atoms with van der Waals surface area (Å²) in [6, 6.07) is 0. The van der Waals surface area contributed by atoms with Crippen molar-refractivity contribution in [1.29, 1.82) is 0 Å². The van der Waals surface area contributed by atoms with Gasteiger partial charge in [-0.15, -0.1) is 0 Å². The van der Waals surface area contributed by atoms with E-state index in [1.54, 1.807) is 4.90 Å². The van der Waals surface area contributed by atoms with Crippen LogP contribution in [0.4, 0.5) is 0 Å². The molecule has 1 amide bonds. The fourth-order valence-electron chi connectivity index (χ4n) is 2.37. The van der Waals surface area contributed by atoms with E-state index < -0.39 is 12.1 Å². The van der Waals surface area contributed by atoms with Gasteiger partial charge in [0.1, 0.15) is 0 Å². The summed E-state index contributed by atoms with van der Waals surface area (Å²) in [5.74, 6) is -1.29. The molecule has 0 spiro atoms. The second kappa shape index (κ2) is 6.86. The Balaban J connectivity index is 1.75. The maximum Gasteiger partial charge on any atom is 0.353 e. The van der Waals surface area contributed by atoms with Crippen LogP contribution in [-0.2, 0) is 14.4 Å². The minimum Gasteiger partial charge on any atom is -0.477 e. The molecule has 0 bridgehead atoms. The number of hydrogen-bond acceptors (Lipinski definition) is 6. The molecule has 2 rings (SSSR count). The molecule has 0 aliphatic carbocycles.